The Morgan fingerprint density at radius 3 is 2.76 bits per heavy atom. The number of likely N-dealkylation sites (N-methyl/N-ethyl adjacent to an activating group) is 1. The fraction of sp³-hybridized carbons (Fsp3) is 0.450. The predicted molar refractivity (Wildman–Crippen MR) is 111 cm³/mol. The average molecular weight is 419 g/mol. The van der Waals surface area contributed by atoms with Gasteiger partial charge in [0.25, 0.3) is 5.69 Å². The van der Waals surface area contributed by atoms with Gasteiger partial charge >= 0.3 is 0 Å². The molecule has 156 valence electrons. The van der Waals surface area contributed by atoms with Crippen molar-refractivity contribution in [1.29, 1.82) is 0 Å². The molecule has 3 rings (SSSR count). The van der Waals surface area contributed by atoms with E-state index in [0.717, 1.165) is 18.5 Å². The van der Waals surface area contributed by atoms with Crippen LogP contribution in [0.3, 0.4) is 0 Å². The zero-order chi connectivity index (χ0) is 21.0. The van der Waals surface area contributed by atoms with Crippen LogP contribution in [0.1, 0.15) is 25.5 Å². The van der Waals surface area contributed by atoms with Crippen molar-refractivity contribution in [2.75, 3.05) is 31.6 Å². The van der Waals surface area contributed by atoms with Crippen LogP contribution >= 0.6 is 0 Å². The fourth-order valence-corrected chi connectivity index (χ4v) is 5.21. The van der Waals surface area contributed by atoms with Gasteiger partial charge in [-0.25, -0.2) is 8.42 Å². The highest BCUT2D eigenvalue weighted by Crippen LogP contribution is 2.32. The van der Waals surface area contributed by atoms with Crippen molar-refractivity contribution in [2.45, 2.75) is 31.1 Å². The summed E-state index contributed by atoms with van der Waals surface area (Å²) in [5, 5.41) is 11.7. The SMILES string of the molecule is C[C@H]1CCCN(S(=O)(=O)c2ccc(N(C)CCc3ccccn3)c([N+](=O)[O-])c2)C1. The van der Waals surface area contributed by atoms with E-state index >= 15 is 0 Å². The molecule has 0 spiro atoms. The highest BCUT2D eigenvalue weighted by atomic mass is 32.2. The lowest BCUT2D eigenvalue weighted by Crippen LogP contribution is -2.39. The molecule has 1 aromatic carbocycles. The van der Waals surface area contributed by atoms with Gasteiger partial charge in [0, 0.05) is 51.1 Å². The molecule has 0 amide bonds. The van der Waals surface area contributed by atoms with Crippen molar-refractivity contribution in [3.8, 4) is 0 Å². The molecule has 2 aromatic rings. The summed E-state index contributed by atoms with van der Waals surface area (Å²) < 4.78 is 27.4. The zero-order valence-electron chi connectivity index (χ0n) is 16.7. The minimum absolute atomic E-state index is 0.0276. The van der Waals surface area contributed by atoms with Crippen molar-refractivity contribution >= 4 is 21.4 Å². The van der Waals surface area contributed by atoms with Crippen LogP contribution < -0.4 is 4.90 Å². The van der Waals surface area contributed by atoms with Gasteiger partial charge in [0.1, 0.15) is 5.69 Å². The second-order valence-electron chi connectivity index (χ2n) is 7.51. The molecule has 1 aliphatic rings. The first-order valence-corrected chi connectivity index (χ1v) is 11.1. The number of piperidine rings is 1. The third kappa shape index (κ3) is 4.91. The largest absolute Gasteiger partial charge is 0.369 e. The molecule has 29 heavy (non-hydrogen) atoms. The number of hydrogen-bond acceptors (Lipinski definition) is 6. The molecule has 0 saturated carbocycles. The van der Waals surface area contributed by atoms with E-state index in [1.807, 2.05) is 25.1 Å². The van der Waals surface area contributed by atoms with E-state index in [1.54, 1.807) is 18.1 Å². The summed E-state index contributed by atoms with van der Waals surface area (Å²) in [6.45, 7) is 3.44. The molecule has 0 N–H and O–H groups in total. The van der Waals surface area contributed by atoms with Crippen LogP contribution in [0.25, 0.3) is 0 Å². The summed E-state index contributed by atoms with van der Waals surface area (Å²) in [6.07, 6.45) is 4.13. The van der Waals surface area contributed by atoms with Gasteiger partial charge in [-0.15, -0.1) is 0 Å². The Labute approximate surface area is 171 Å². The molecule has 1 aromatic heterocycles. The van der Waals surface area contributed by atoms with Crippen LogP contribution in [0.4, 0.5) is 11.4 Å². The molecule has 1 fully saturated rings. The molecule has 9 heteroatoms. The van der Waals surface area contributed by atoms with Gasteiger partial charge < -0.3 is 4.90 Å². The van der Waals surface area contributed by atoms with Crippen LogP contribution in [-0.4, -0.2) is 49.3 Å². The normalized spacial score (nSPS) is 17.8. The van der Waals surface area contributed by atoms with Gasteiger partial charge in [-0.05, 0) is 43.0 Å². The fourth-order valence-electron chi connectivity index (χ4n) is 3.60. The van der Waals surface area contributed by atoms with Crippen LogP contribution in [0, 0.1) is 16.0 Å². The first kappa shape index (κ1) is 21.2. The Morgan fingerprint density at radius 1 is 1.31 bits per heavy atom. The van der Waals surface area contributed by atoms with Gasteiger partial charge in [-0.3, -0.25) is 15.1 Å². The lowest BCUT2D eigenvalue weighted by atomic mass is 10.0. The number of benzene rings is 1. The van der Waals surface area contributed by atoms with Crippen molar-refractivity contribution in [2.24, 2.45) is 5.92 Å². The van der Waals surface area contributed by atoms with Gasteiger partial charge in [0.15, 0.2) is 0 Å². The lowest BCUT2D eigenvalue weighted by Gasteiger charge is -2.30. The maximum atomic E-state index is 13.0. The summed E-state index contributed by atoms with van der Waals surface area (Å²) in [6, 6.07) is 9.80. The van der Waals surface area contributed by atoms with Gasteiger partial charge in [-0.1, -0.05) is 13.0 Å². The number of nitro benzene ring substituents is 1. The Kier molecular flexibility index (Phi) is 6.49. The van der Waals surface area contributed by atoms with Crippen LogP contribution in [0.5, 0.6) is 0 Å². The van der Waals surface area contributed by atoms with E-state index in [-0.39, 0.29) is 16.5 Å². The number of hydrogen-bond donors (Lipinski definition) is 0. The topological polar surface area (TPSA) is 96.7 Å². The summed E-state index contributed by atoms with van der Waals surface area (Å²) in [5.74, 6) is 0.283. The van der Waals surface area contributed by atoms with Crippen LogP contribution in [0.15, 0.2) is 47.5 Å². The Morgan fingerprint density at radius 2 is 2.10 bits per heavy atom. The summed E-state index contributed by atoms with van der Waals surface area (Å²) >= 11 is 0. The molecule has 0 unspecified atom stereocenters. The second kappa shape index (κ2) is 8.87. The summed E-state index contributed by atoms with van der Waals surface area (Å²) in [4.78, 5) is 17.1. The summed E-state index contributed by atoms with van der Waals surface area (Å²) in [7, 11) is -1.99. The molecule has 1 aliphatic heterocycles. The van der Waals surface area contributed by atoms with Crippen LogP contribution in [0.2, 0.25) is 0 Å². The number of sulfonamides is 1. The standard InChI is InChI=1S/C20H26N4O4S/c1-16-6-5-12-23(15-16)29(27,28)18-8-9-19(20(14-18)24(25)26)22(2)13-10-17-7-3-4-11-21-17/h3-4,7-9,11,14,16H,5-6,10,12-13,15H2,1-2H3/t16-/m0/s1. The van der Waals surface area contributed by atoms with E-state index in [0.29, 0.717) is 31.7 Å². The highest BCUT2D eigenvalue weighted by molar-refractivity contribution is 7.89. The number of aromatic nitrogens is 1. The minimum atomic E-state index is -3.75. The van der Waals surface area contributed by atoms with E-state index in [1.165, 1.54) is 22.5 Å². The number of anilines is 1. The number of nitrogens with zero attached hydrogens (tertiary/aromatic N) is 4. The van der Waals surface area contributed by atoms with Gasteiger partial charge in [-0.2, -0.15) is 4.31 Å². The molecule has 2 heterocycles. The molecular weight excluding hydrogens is 392 g/mol. The van der Waals surface area contributed by atoms with E-state index in [2.05, 4.69) is 4.98 Å². The predicted octanol–water partition coefficient (Wildman–Crippen LogP) is 3.09. The Hall–Kier alpha value is -2.52. The van der Waals surface area contributed by atoms with Crippen molar-refractivity contribution < 1.29 is 13.3 Å². The Balaban J connectivity index is 1.84. The van der Waals surface area contributed by atoms with Crippen molar-refractivity contribution in [3.05, 3.63) is 58.4 Å². The van der Waals surface area contributed by atoms with Crippen LogP contribution in [-0.2, 0) is 16.4 Å². The smallest absolute Gasteiger partial charge is 0.293 e. The maximum Gasteiger partial charge on any atom is 0.293 e. The monoisotopic (exact) mass is 418 g/mol. The quantitative estimate of drug-likeness (QED) is 0.506. The molecule has 1 atom stereocenters. The molecule has 8 nitrogen and oxygen atoms in total. The Bertz CT molecular complexity index is 966. The highest BCUT2D eigenvalue weighted by Gasteiger charge is 2.31. The number of nitro groups is 1. The molecular formula is C20H26N4O4S. The van der Waals surface area contributed by atoms with Gasteiger partial charge in [0.2, 0.25) is 10.0 Å². The average Bonchev–Trinajstić information content (AvgIpc) is 2.72. The molecule has 0 aliphatic carbocycles. The van der Waals surface area contributed by atoms with E-state index in [4.69, 9.17) is 0 Å². The molecule has 0 bridgehead atoms. The van der Waals surface area contributed by atoms with Crippen molar-refractivity contribution in [1.82, 2.24) is 9.29 Å². The zero-order valence-corrected chi connectivity index (χ0v) is 17.5. The maximum absolute atomic E-state index is 13.0. The third-order valence-corrected chi connectivity index (χ3v) is 7.10. The second-order valence-corrected chi connectivity index (χ2v) is 9.45. The van der Waals surface area contributed by atoms with Gasteiger partial charge in [0.05, 0.1) is 9.82 Å². The minimum Gasteiger partial charge on any atom is -0.369 e. The first-order chi connectivity index (χ1) is 13.8. The molecule has 0 radical (unpaired) electrons. The number of rotatable bonds is 7. The van der Waals surface area contributed by atoms with E-state index < -0.39 is 14.9 Å². The third-order valence-electron chi connectivity index (χ3n) is 5.24. The first-order valence-electron chi connectivity index (χ1n) is 9.68. The molecule has 1 saturated heterocycles. The number of pyridine rings is 1. The summed E-state index contributed by atoms with van der Waals surface area (Å²) in [5.41, 5.74) is 1.07. The van der Waals surface area contributed by atoms with Crippen molar-refractivity contribution in [3.63, 3.8) is 0 Å². The van der Waals surface area contributed by atoms with E-state index in [9.17, 15) is 18.5 Å². The lowest BCUT2D eigenvalue weighted by molar-refractivity contribution is -0.384.